The maximum atomic E-state index is 11.2. The minimum Gasteiger partial charge on any atom is -0.459 e. The zero-order valence-corrected chi connectivity index (χ0v) is 8.81. The number of hydrogen-bond acceptors (Lipinski definition) is 4. The van der Waals surface area contributed by atoms with Crippen molar-refractivity contribution in [2.24, 2.45) is 0 Å². The summed E-state index contributed by atoms with van der Waals surface area (Å²) in [7, 11) is 0. The summed E-state index contributed by atoms with van der Waals surface area (Å²) in [6.07, 6.45) is 0. The number of anilines is 1. The van der Waals surface area contributed by atoms with Crippen molar-refractivity contribution in [1.82, 2.24) is 0 Å². The summed E-state index contributed by atoms with van der Waals surface area (Å²) in [4.78, 5) is 22.1. The van der Waals surface area contributed by atoms with Gasteiger partial charge in [0.05, 0.1) is 12.3 Å². The second kappa shape index (κ2) is 4.76. The zero-order valence-electron chi connectivity index (χ0n) is 7.99. The van der Waals surface area contributed by atoms with Gasteiger partial charge in [-0.25, -0.2) is 4.79 Å². The number of rotatable bonds is 2. The molecule has 14 heavy (non-hydrogen) atoms. The average molecular weight is 213 g/mol. The van der Waals surface area contributed by atoms with Crippen molar-refractivity contribution in [3.63, 3.8) is 0 Å². The van der Waals surface area contributed by atoms with Crippen molar-refractivity contribution in [2.75, 3.05) is 11.9 Å². The van der Waals surface area contributed by atoms with Crippen molar-refractivity contribution < 1.29 is 14.3 Å². The third-order valence-electron chi connectivity index (χ3n) is 1.56. The standard InChI is InChI=1S/C9H11NO3S/c1-3-13-9(12)8(11)10-7-5-14-4-6(7)2/h4-5H,3H2,1-2H3,(H,10,11). The lowest BCUT2D eigenvalue weighted by Crippen LogP contribution is -2.25. The van der Waals surface area contributed by atoms with Crippen molar-refractivity contribution in [3.8, 4) is 0 Å². The van der Waals surface area contributed by atoms with Crippen LogP contribution in [0.2, 0.25) is 0 Å². The van der Waals surface area contributed by atoms with E-state index in [2.05, 4.69) is 10.1 Å². The number of carbonyl (C=O) groups is 2. The highest BCUT2D eigenvalue weighted by molar-refractivity contribution is 7.08. The number of thiophene rings is 1. The first-order chi connectivity index (χ1) is 6.65. The smallest absolute Gasteiger partial charge is 0.397 e. The fourth-order valence-electron chi connectivity index (χ4n) is 0.859. The average Bonchev–Trinajstić information content (AvgIpc) is 2.52. The van der Waals surface area contributed by atoms with Gasteiger partial charge in [-0.1, -0.05) is 0 Å². The van der Waals surface area contributed by atoms with Crippen LogP contribution in [-0.4, -0.2) is 18.5 Å². The highest BCUT2D eigenvalue weighted by atomic mass is 32.1. The summed E-state index contributed by atoms with van der Waals surface area (Å²) in [5.41, 5.74) is 1.60. The predicted molar refractivity (Wildman–Crippen MR) is 54.3 cm³/mol. The molecule has 1 amide bonds. The molecule has 1 aromatic rings. The lowest BCUT2D eigenvalue weighted by molar-refractivity contribution is -0.152. The maximum Gasteiger partial charge on any atom is 0.397 e. The molecule has 0 saturated heterocycles. The van der Waals surface area contributed by atoms with Crippen LogP contribution >= 0.6 is 11.3 Å². The number of hydrogen-bond donors (Lipinski definition) is 1. The third kappa shape index (κ3) is 2.56. The van der Waals surface area contributed by atoms with Gasteiger partial charge < -0.3 is 10.1 Å². The fraction of sp³-hybridized carbons (Fsp3) is 0.333. The molecule has 0 aromatic carbocycles. The highest BCUT2D eigenvalue weighted by Crippen LogP contribution is 2.19. The first-order valence-corrected chi connectivity index (χ1v) is 5.10. The molecule has 76 valence electrons. The molecule has 1 rings (SSSR count). The Balaban J connectivity index is 2.57. The molecule has 4 nitrogen and oxygen atoms in total. The van der Waals surface area contributed by atoms with Crippen LogP contribution in [0.25, 0.3) is 0 Å². The predicted octanol–water partition coefficient (Wildman–Crippen LogP) is 1.56. The Kier molecular flexibility index (Phi) is 3.64. The van der Waals surface area contributed by atoms with E-state index in [1.54, 1.807) is 12.3 Å². The summed E-state index contributed by atoms with van der Waals surface area (Å²) in [5, 5.41) is 6.13. The van der Waals surface area contributed by atoms with E-state index >= 15 is 0 Å². The number of carbonyl (C=O) groups excluding carboxylic acids is 2. The van der Waals surface area contributed by atoms with Gasteiger partial charge in [-0.3, -0.25) is 4.79 Å². The summed E-state index contributed by atoms with van der Waals surface area (Å²) in [5.74, 6) is -1.58. The zero-order chi connectivity index (χ0) is 10.6. The number of esters is 1. The van der Waals surface area contributed by atoms with Crippen LogP contribution in [0.4, 0.5) is 5.69 Å². The van der Waals surface area contributed by atoms with Gasteiger partial charge >= 0.3 is 11.9 Å². The van der Waals surface area contributed by atoms with Gasteiger partial charge in [0.25, 0.3) is 0 Å². The van der Waals surface area contributed by atoms with Crippen LogP contribution in [0.3, 0.4) is 0 Å². The Morgan fingerprint density at radius 3 is 2.71 bits per heavy atom. The molecule has 0 atom stereocenters. The van der Waals surface area contributed by atoms with Gasteiger partial charge in [-0.2, -0.15) is 0 Å². The van der Waals surface area contributed by atoms with E-state index in [1.165, 1.54) is 11.3 Å². The molecule has 0 aliphatic carbocycles. The largest absolute Gasteiger partial charge is 0.459 e. The van der Waals surface area contributed by atoms with Crippen molar-refractivity contribution in [1.29, 1.82) is 0 Å². The summed E-state index contributed by atoms with van der Waals surface area (Å²) >= 11 is 1.47. The van der Waals surface area contributed by atoms with Crippen LogP contribution in [-0.2, 0) is 14.3 Å². The molecule has 0 aliphatic heterocycles. The van der Waals surface area contributed by atoms with E-state index in [0.717, 1.165) is 5.56 Å². The van der Waals surface area contributed by atoms with Crippen LogP contribution in [0.15, 0.2) is 10.8 Å². The van der Waals surface area contributed by atoms with E-state index in [4.69, 9.17) is 0 Å². The van der Waals surface area contributed by atoms with Gasteiger partial charge in [-0.05, 0) is 24.8 Å². The Morgan fingerprint density at radius 1 is 1.50 bits per heavy atom. The fourth-order valence-corrected chi connectivity index (χ4v) is 1.64. The monoisotopic (exact) mass is 213 g/mol. The van der Waals surface area contributed by atoms with Gasteiger partial charge in [0.2, 0.25) is 0 Å². The molecule has 1 heterocycles. The Morgan fingerprint density at radius 2 is 2.21 bits per heavy atom. The van der Waals surface area contributed by atoms with Gasteiger partial charge in [0.1, 0.15) is 0 Å². The molecule has 0 spiro atoms. The summed E-state index contributed by atoms with van der Waals surface area (Å²) in [6, 6.07) is 0. The quantitative estimate of drug-likeness (QED) is 0.599. The maximum absolute atomic E-state index is 11.2. The van der Waals surface area contributed by atoms with E-state index in [-0.39, 0.29) is 6.61 Å². The molecular weight excluding hydrogens is 202 g/mol. The van der Waals surface area contributed by atoms with E-state index in [9.17, 15) is 9.59 Å². The van der Waals surface area contributed by atoms with Crippen LogP contribution in [0.1, 0.15) is 12.5 Å². The molecule has 0 fully saturated rings. The minimum atomic E-state index is -0.849. The molecule has 0 radical (unpaired) electrons. The molecule has 0 aliphatic rings. The minimum absolute atomic E-state index is 0.203. The van der Waals surface area contributed by atoms with Gasteiger partial charge in [0.15, 0.2) is 0 Å². The molecule has 1 aromatic heterocycles. The lowest BCUT2D eigenvalue weighted by atomic mass is 10.3. The van der Waals surface area contributed by atoms with E-state index in [1.807, 2.05) is 12.3 Å². The molecule has 0 saturated carbocycles. The number of ether oxygens (including phenoxy) is 1. The SMILES string of the molecule is CCOC(=O)C(=O)Nc1cscc1C. The lowest BCUT2D eigenvalue weighted by Gasteiger charge is -2.03. The van der Waals surface area contributed by atoms with Gasteiger partial charge in [0, 0.05) is 5.38 Å². The molecule has 5 heteroatoms. The van der Waals surface area contributed by atoms with E-state index in [0.29, 0.717) is 5.69 Å². The summed E-state index contributed by atoms with van der Waals surface area (Å²) in [6.45, 7) is 3.72. The Bertz CT molecular complexity index is 346. The van der Waals surface area contributed by atoms with E-state index < -0.39 is 11.9 Å². The molecule has 0 unspecified atom stereocenters. The van der Waals surface area contributed by atoms with Crippen LogP contribution in [0.5, 0.6) is 0 Å². The number of aryl methyl sites for hydroxylation is 1. The Labute approximate surface area is 85.9 Å². The normalized spacial score (nSPS) is 9.57. The van der Waals surface area contributed by atoms with Crippen LogP contribution in [0, 0.1) is 6.92 Å². The number of nitrogens with one attached hydrogen (secondary N) is 1. The Hall–Kier alpha value is -1.36. The third-order valence-corrected chi connectivity index (χ3v) is 2.43. The molecule has 0 bridgehead atoms. The van der Waals surface area contributed by atoms with Crippen molar-refractivity contribution in [2.45, 2.75) is 13.8 Å². The topological polar surface area (TPSA) is 55.4 Å². The highest BCUT2D eigenvalue weighted by Gasteiger charge is 2.15. The van der Waals surface area contributed by atoms with Crippen molar-refractivity contribution >= 4 is 28.9 Å². The van der Waals surface area contributed by atoms with Gasteiger partial charge in [-0.15, -0.1) is 11.3 Å². The van der Waals surface area contributed by atoms with Crippen LogP contribution < -0.4 is 5.32 Å². The molecular formula is C9H11NO3S. The molecule has 1 N–H and O–H groups in total. The number of amides is 1. The summed E-state index contributed by atoms with van der Waals surface area (Å²) < 4.78 is 4.54. The second-order valence-electron chi connectivity index (χ2n) is 2.64. The second-order valence-corrected chi connectivity index (χ2v) is 3.39. The van der Waals surface area contributed by atoms with Crippen molar-refractivity contribution in [3.05, 3.63) is 16.3 Å². The first kappa shape index (κ1) is 10.7. The first-order valence-electron chi connectivity index (χ1n) is 4.16.